The van der Waals surface area contributed by atoms with E-state index in [1.165, 1.54) is 0 Å². The highest BCUT2D eigenvalue weighted by atomic mass is 127. The summed E-state index contributed by atoms with van der Waals surface area (Å²) in [7, 11) is 0. The normalized spacial score (nSPS) is 10.3. The van der Waals surface area contributed by atoms with E-state index >= 15 is 0 Å². The van der Waals surface area contributed by atoms with E-state index in [1.54, 1.807) is 6.07 Å². The Balaban J connectivity index is 2.34. The van der Waals surface area contributed by atoms with Crippen molar-refractivity contribution in [3.63, 3.8) is 0 Å². The van der Waals surface area contributed by atoms with Crippen LogP contribution in [0.4, 0.5) is 5.69 Å². The van der Waals surface area contributed by atoms with Gasteiger partial charge in [-0.1, -0.05) is 35.9 Å². The zero-order valence-corrected chi connectivity index (χ0v) is 13.5. The van der Waals surface area contributed by atoms with Crippen LogP contribution >= 0.6 is 34.2 Å². The van der Waals surface area contributed by atoms with Crippen LogP contribution in [0.15, 0.2) is 36.4 Å². The van der Waals surface area contributed by atoms with Crippen LogP contribution in [-0.2, 0) is 0 Å². The van der Waals surface area contributed by atoms with Crippen molar-refractivity contribution in [1.29, 1.82) is 0 Å². The first-order chi connectivity index (χ1) is 9.00. The molecule has 0 aliphatic rings. The molecule has 4 heteroatoms. The van der Waals surface area contributed by atoms with Gasteiger partial charge in [-0.3, -0.25) is 4.79 Å². The fraction of sp³-hybridized carbons (Fsp3) is 0.133. The molecule has 98 valence electrons. The Kier molecular flexibility index (Phi) is 4.47. The lowest BCUT2D eigenvalue weighted by molar-refractivity contribution is 0.102. The standard InChI is InChI=1S/C15H13ClINO/c1-9-5-3-7-11(13(9)17)15(19)18-14-10(2)6-4-8-12(14)16/h3-8H,1-2H3,(H,18,19). The molecule has 2 aromatic carbocycles. The SMILES string of the molecule is Cc1cccc(C(=O)Nc2c(C)cccc2Cl)c1I. The minimum Gasteiger partial charge on any atom is -0.320 e. The maximum Gasteiger partial charge on any atom is 0.256 e. The van der Waals surface area contributed by atoms with Gasteiger partial charge in [0.1, 0.15) is 0 Å². The predicted octanol–water partition coefficient (Wildman–Crippen LogP) is 4.81. The van der Waals surface area contributed by atoms with Gasteiger partial charge in [-0.15, -0.1) is 0 Å². The van der Waals surface area contributed by atoms with Gasteiger partial charge in [-0.05, 0) is 59.7 Å². The molecule has 2 nitrogen and oxygen atoms in total. The molecular weight excluding hydrogens is 373 g/mol. The minimum atomic E-state index is -0.135. The summed E-state index contributed by atoms with van der Waals surface area (Å²) in [4.78, 5) is 12.3. The third-order valence-electron chi connectivity index (χ3n) is 2.90. The first-order valence-electron chi connectivity index (χ1n) is 5.82. The Morgan fingerprint density at radius 2 is 1.74 bits per heavy atom. The second-order valence-corrected chi connectivity index (χ2v) is 5.81. The van der Waals surface area contributed by atoms with Crippen LogP contribution in [0.25, 0.3) is 0 Å². The summed E-state index contributed by atoms with van der Waals surface area (Å²) in [6.07, 6.45) is 0. The van der Waals surface area contributed by atoms with Crippen LogP contribution in [0.5, 0.6) is 0 Å². The predicted molar refractivity (Wildman–Crippen MR) is 88.0 cm³/mol. The Bertz CT molecular complexity index is 620. The number of aryl methyl sites for hydroxylation is 2. The molecule has 1 N–H and O–H groups in total. The topological polar surface area (TPSA) is 29.1 Å². The van der Waals surface area contributed by atoms with Gasteiger partial charge in [-0.25, -0.2) is 0 Å². The lowest BCUT2D eigenvalue weighted by Gasteiger charge is -2.12. The molecule has 0 saturated heterocycles. The smallest absolute Gasteiger partial charge is 0.256 e. The van der Waals surface area contributed by atoms with E-state index in [0.29, 0.717) is 16.3 Å². The summed E-state index contributed by atoms with van der Waals surface area (Å²) in [5.41, 5.74) is 3.37. The van der Waals surface area contributed by atoms with E-state index in [1.807, 2.05) is 44.2 Å². The molecule has 0 unspecified atom stereocenters. The molecular formula is C15H13ClINO. The van der Waals surface area contributed by atoms with Crippen LogP contribution in [0, 0.1) is 17.4 Å². The molecule has 0 aliphatic heterocycles. The summed E-state index contributed by atoms with van der Waals surface area (Å²) in [6, 6.07) is 11.2. The van der Waals surface area contributed by atoms with Crippen LogP contribution in [0.1, 0.15) is 21.5 Å². The van der Waals surface area contributed by atoms with Crippen molar-refractivity contribution in [2.45, 2.75) is 13.8 Å². The maximum absolute atomic E-state index is 12.3. The minimum absolute atomic E-state index is 0.135. The number of halogens is 2. The third-order valence-corrected chi connectivity index (χ3v) is 4.64. The van der Waals surface area contributed by atoms with E-state index in [4.69, 9.17) is 11.6 Å². The van der Waals surface area contributed by atoms with Gasteiger partial charge in [-0.2, -0.15) is 0 Å². The molecule has 0 heterocycles. The summed E-state index contributed by atoms with van der Waals surface area (Å²) in [5, 5.41) is 3.44. The van der Waals surface area contributed by atoms with Crippen molar-refractivity contribution in [3.05, 3.63) is 61.7 Å². The molecule has 2 aromatic rings. The van der Waals surface area contributed by atoms with E-state index in [0.717, 1.165) is 14.7 Å². The van der Waals surface area contributed by atoms with Crippen molar-refractivity contribution in [1.82, 2.24) is 0 Å². The number of amides is 1. The lowest BCUT2D eigenvalue weighted by atomic mass is 10.1. The first-order valence-corrected chi connectivity index (χ1v) is 7.28. The zero-order valence-electron chi connectivity index (χ0n) is 10.6. The van der Waals surface area contributed by atoms with Crippen molar-refractivity contribution in [2.24, 2.45) is 0 Å². The molecule has 0 radical (unpaired) electrons. The number of benzene rings is 2. The monoisotopic (exact) mass is 385 g/mol. The van der Waals surface area contributed by atoms with Gasteiger partial charge in [0.05, 0.1) is 16.3 Å². The van der Waals surface area contributed by atoms with Gasteiger partial charge in [0.2, 0.25) is 0 Å². The Morgan fingerprint density at radius 3 is 2.42 bits per heavy atom. The Hall–Kier alpha value is -1.07. The van der Waals surface area contributed by atoms with Crippen molar-refractivity contribution < 1.29 is 4.79 Å². The third kappa shape index (κ3) is 3.09. The second-order valence-electron chi connectivity index (χ2n) is 4.32. The molecule has 0 aliphatic carbocycles. The van der Waals surface area contributed by atoms with Gasteiger partial charge < -0.3 is 5.32 Å². The summed E-state index contributed by atoms with van der Waals surface area (Å²) in [6.45, 7) is 3.90. The van der Waals surface area contributed by atoms with Gasteiger partial charge in [0.25, 0.3) is 5.91 Å². The largest absolute Gasteiger partial charge is 0.320 e. The molecule has 1 amide bonds. The average Bonchev–Trinajstić information content (AvgIpc) is 2.37. The van der Waals surface area contributed by atoms with E-state index < -0.39 is 0 Å². The van der Waals surface area contributed by atoms with Gasteiger partial charge >= 0.3 is 0 Å². The summed E-state index contributed by atoms with van der Waals surface area (Å²) < 4.78 is 0.960. The second kappa shape index (κ2) is 5.92. The van der Waals surface area contributed by atoms with Crippen LogP contribution < -0.4 is 5.32 Å². The molecule has 19 heavy (non-hydrogen) atoms. The number of carbonyl (C=O) groups is 1. The molecule has 0 spiro atoms. The average molecular weight is 386 g/mol. The maximum atomic E-state index is 12.3. The van der Waals surface area contributed by atoms with E-state index in [-0.39, 0.29) is 5.91 Å². The molecule has 2 rings (SSSR count). The van der Waals surface area contributed by atoms with Crippen molar-refractivity contribution in [3.8, 4) is 0 Å². The molecule has 0 saturated carbocycles. The quantitative estimate of drug-likeness (QED) is 0.738. The molecule has 0 bridgehead atoms. The molecule has 0 aromatic heterocycles. The number of para-hydroxylation sites is 1. The van der Waals surface area contributed by atoms with Crippen LogP contribution in [0.2, 0.25) is 5.02 Å². The Labute approximate surface area is 131 Å². The fourth-order valence-corrected chi connectivity index (χ4v) is 2.67. The van der Waals surface area contributed by atoms with E-state index in [2.05, 4.69) is 27.9 Å². The first kappa shape index (κ1) is 14.3. The number of rotatable bonds is 2. The number of carbonyl (C=O) groups excluding carboxylic acids is 1. The molecule has 0 atom stereocenters. The zero-order chi connectivity index (χ0) is 14.0. The summed E-state index contributed by atoms with van der Waals surface area (Å²) in [5.74, 6) is -0.135. The highest BCUT2D eigenvalue weighted by Crippen LogP contribution is 2.26. The number of hydrogen-bond acceptors (Lipinski definition) is 1. The highest BCUT2D eigenvalue weighted by molar-refractivity contribution is 14.1. The van der Waals surface area contributed by atoms with E-state index in [9.17, 15) is 4.79 Å². The van der Waals surface area contributed by atoms with Crippen LogP contribution in [-0.4, -0.2) is 5.91 Å². The number of nitrogens with one attached hydrogen (secondary N) is 1. The van der Waals surface area contributed by atoms with Gasteiger partial charge in [0, 0.05) is 3.57 Å². The highest BCUT2D eigenvalue weighted by Gasteiger charge is 2.13. The lowest BCUT2D eigenvalue weighted by Crippen LogP contribution is -2.15. The summed E-state index contributed by atoms with van der Waals surface area (Å²) >= 11 is 8.30. The van der Waals surface area contributed by atoms with Gasteiger partial charge in [0.15, 0.2) is 0 Å². The Morgan fingerprint density at radius 1 is 1.11 bits per heavy atom. The number of hydrogen-bond donors (Lipinski definition) is 1. The fourth-order valence-electron chi connectivity index (χ4n) is 1.79. The van der Waals surface area contributed by atoms with Crippen LogP contribution in [0.3, 0.4) is 0 Å². The van der Waals surface area contributed by atoms with Crippen molar-refractivity contribution in [2.75, 3.05) is 5.32 Å². The number of anilines is 1. The van der Waals surface area contributed by atoms with Crippen molar-refractivity contribution >= 4 is 45.8 Å². The molecule has 0 fully saturated rings.